The van der Waals surface area contributed by atoms with Gasteiger partial charge in [0.25, 0.3) is 0 Å². The maximum Gasteiger partial charge on any atom is 0.224 e. The Balaban J connectivity index is 0.00000261. The van der Waals surface area contributed by atoms with Gasteiger partial charge in [0.15, 0.2) is 0 Å². The molecule has 8 heteroatoms. The Bertz CT molecular complexity index is 714. The standard InChI is InChI=1S/C19H29N3O3S.ClH/c1-15-12-20-10-9-18(15)21-19(23)17-8-5-11-22(13-17)26(24,25)14-16-6-3-2-4-7-16;/h2-4,6-7,15,17-18,20H,5,8-14H2,1H3,(H,21,23);1H. The summed E-state index contributed by atoms with van der Waals surface area (Å²) in [4.78, 5) is 12.7. The van der Waals surface area contributed by atoms with E-state index in [1.807, 2.05) is 30.3 Å². The number of carbonyl (C=O) groups is 1. The normalized spacial score (nSPS) is 26.8. The second-order valence-electron chi connectivity index (χ2n) is 7.52. The monoisotopic (exact) mass is 415 g/mol. The largest absolute Gasteiger partial charge is 0.353 e. The van der Waals surface area contributed by atoms with Gasteiger partial charge in [-0.25, -0.2) is 12.7 Å². The van der Waals surface area contributed by atoms with Crippen molar-refractivity contribution in [3.63, 3.8) is 0 Å². The molecule has 0 aromatic heterocycles. The smallest absolute Gasteiger partial charge is 0.224 e. The third kappa shape index (κ3) is 5.91. The minimum Gasteiger partial charge on any atom is -0.353 e. The van der Waals surface area contributed by atoms with E-state index in [9.17, 15) is 13.2 Å². The van der Waals surface area contributed by atoms with Crippen LogP contribution in [0.3, 0.4) is 0 Å². The fourth-order valence-electron chi connectivity index (χ4n) is 3.81. The van der Waals surface area contributed by atoms with Gasteiger partial charge in [0, 0.05) is 19.1 Å². The lowest BCUT2D eigenvalue weighted by atomic mass is 9.93. The van der Waals surface area contributed by atoms with E-state index in [2.05, 4.69) is 17.6 Å². The molecular formula is C19H30ClN3O3S. The maximum atomic E-state index is 12.8. The Morgan fingerprint density at radius 1 is 1.26 bits per heavy atom. The molecular weight excluding hydrogens is 386 g/mol. The fourth-order valence-corrected chi connectivity index (χ4v) is 5.42. The van der Waals surface area contributed by atoms with Crippen molar-refractivity contribution >= 4 is 28.3 Å². The lowest BCUT2D eigenvalue weighted by molar-refractivity contribution is -0.127. The van der Waals surface area contributed by atoms with Gasteiger partial charge >= 0.3 is 0 Å². The Kier molecular flexibility index (Phi) is 8.09. The van der Waals surface area contributed by atoms with Crippen molar-refractivity contribution in [1.29, 1.82) is 0 Å². The molecule has 2 saturated heterocycles. The molecule has 152 valence electrons. The van der Waals surface area contributed by atoms with Crippen LogP contribution in [0, 0.1) is 11.8 Å². The summed E-state index contributed by atoms with van der Waals surface area (Å²) in [6.45, 7) is 4.75. The zero-order valence-corrected chi connectivity index (χ0v) is 17.4. The van der Waals surface area contributed by atoms with Crippen LogP contribution in [0.2, 0.25) is 0 Å². The molecule has 6 nitrogen and oxygen atoms in total. The van der Waals surface area contributed by atoms with Crippen LogP contribution in [0.5, 0.6) is 0 Å². The van der Waals surface area contributed by atoms with E-state index in [0.29, 0.717) is 19.0 Å². The van der Waals surface area contributed by atoms with Crippen LogP contribution in [0.1, 0.15) is 31.7 Å². The SMILES string of the molecule is CC1CNCCC1NC(=O)C1CCCN(S(=O)(=O)Cc2ccccc2)C1.Cl. The number of piperidine rings is 2. The van der Waals surface area contributed by atoms with Gasteiger partial charge < -0.3 is 10.6 Å². The van der Waals surface area contributed by atoms with Crippen LogP contribution >= 0.6 is 12.4 Å². The van der Waals surface area contributed by atoms with Crippen LogP contribution in [0.25, 0.3) is 0 Å². The van der Waals surface area contributed by atoms with Gasteiger partial charge in [-0.05, 0) is 43.8 Å². The number of rotatable bonds is 5. The second kappa shape index (κ2) is 9.87. The van der Waals surface area contributed by atoms with Crippen molar-refractivity contribution in [2.45, 2.75) is 38.0 Å². The van der Waals surface area contributed by atoms with Gasteiger partial charge in [-0.2, -0.15) is 0 Å². The van der Waals surface area contributed by atoms with Crippen LogP contribution in [0.15, 0.2) is 30.3 Å². The molecule has 3 unspecified atom stereocenters. The van der Waals surface area contributed by atoms with Gasteiger partial charge in [-0.3, -0.25) is 4.79 Å². The zero-order valence-electron chi connectivity index (χ0n) is 15.8. The van der Waals surface area contributed by atoms with E-state index in [1.54, 1.807) is 0 Å². The summed E-state index contributed by atoms with van der Waals surface area (Å²) in [6, 6.07) is 9.39. The molecule has 2 fully saturated rings. The highest BCUT2D eigenvalue weighted by Gasteiger charge is 2.34. The van der Waals surface area contributed by atoms with Crippen molar-refractivity contribution in [1.82, 2.24) is 14.9 Å². The number of amides is 1. The third-order valence-corrected chi connectivity index (χ3v) is 7.27. The van der Waals surface area contributed by atoms with Gasteiger partial charge in [-0.15, -0.1) is 12.4 Å². The highest BCUT2D eigenvalue weighted by molar-refractivity contribution is 7.88. The summed E-state index contributed by atoms with van der Waals surface area (Å²) in [7, 11) is -3.40. The first-order valence-corrected chi connectivity index (χ1v) is 11.1. The first-order chi connectivity index (χ1) is 12.5. The number of hydrogen-bond acceptors (Lipinski definition) is 4. The molecule has 0 saturated carbocycles. The topological polar surface area (TPSA) is 78.5 Å². The molecule has 0 radical (unpaired) electrons. The first-order valence-electron chi connectivity index (χ1n) is 9.48. The van der Waals surface area contributed by atoms with Crippen LogP contribution in [-0.4, -0.2) is 50.9 Å². The first kappa shape index (κ1) is 22.1. The third-order valence-electron chi connectivity index (χ3n) is 5.45. The molecule has 1 aromatic carbocycles. The predicted octanol–water partition coefficient (Wildman–Crippen LogP) is 1.76. The number of hydrogen-bond donors (Lipinski definition) is 2. The summed E-state index contributed by atoms with van der Waals surface area (Å²) in [5, 5.41) is 6.49. The van der Waals surface area contributed by atoms with Crippen molar-refractivity contribution in [2.75, 3.05) is 26.2 Å². The van der Waals surface area contributed by atoms with Crippen molar-refractivity contribution in [2.24, 2.45) is 11.8 Å². The minimum absolute atomic E-state index is 0. The quantitative estimate of drug-likeness (QED) is 0.768. The highest BCUT2D eigenvalue weighted by Crippen LogP contribution is 2.22. The molecule has 3 rings (SSSR count). The summed E-state index contributed by atoms with van der Waals surface area (Å²) in [5.41, 5.74) is 0.780. The second-order valence-corrected chi connectivity index (χ2v) is 9.49. The number of nitrogens with one attached hydrogen (secondary N) is 2. The fraction of sp³-hybridized carbons (Fsp3) is 0.632. The molecule has 0 spiro atoms. The molecule has 1 amide bonds. The maximum absolute atomic E-state index is 12.8. The van der Waals surface area contributed by atoms with Gasteiger partial charge in [0.05, 0.1) is 11.7 Å². The van der Waals surface area contributed by atoms with Gasteiger partial charge in [0.2, 0.25) is 15.9 Å². The molecule has 2 N–H and O–H groups in total. The number of halogens is 1. The van der Waals surface area contributed by atoms with Crippen molar-refractivity contribution in [3.05, 3.63) is 35.9 Å². The van der Waals surface area contributed by atoms with Gasteiger partial charge in [-0.1, -0.05) is 37.3 Å². The molecule has 1 aromatic rings. The zero-order chi connectivity index (χ0) is 18.6. The molecule has 0 aliphatic carbocycles. The number of sulfonamides is 1. The van der Waals surface area contributed by atoms with Crippen molar-refractivity contribution < 1.29 is 13.2 Å². The van der Waals surface area contributed by atoms with Gasteiger partial charge in [0.1, 0.15) is 0 Å². The number of benzene rings is 1. The molecule has 27 heavy (non-hydrogen) atoms. The molecule has 3 atom stereocenters. The summed E-state index contributed by atoms with van der Waals surface area (Å²) < 4.78 is 27.0. The van der Waals surface area contributed by atoms with E-state index >= 15 is 0 Å². The Morgan fingerprint density at radius 3 is 2.70 bits per heavy atom. The minimum atomic E-state index is -3.40. The molecule has 2 aliphatic rings. The summed E-state index contributed by atoms with van der Waals surface area (Å²) in [5.74, 6) is 0.141. The van der Waals surface area contributed by atoms with Crippen LogP contribution in [0.4, 0.5) is 0 Å². The van der Waals surface area contributed by atoms with E-state index < -0.39 is 10.0 Å². The Hall–Kier alpha value is -1.15. The highest BCUT2D eigenvalue weighted by atomic mass is 35.5. The lowest BCUT2D eigenvalue weighted by Crippen LogP contribution is -2.52. The summed E-state index contributed by atoms with van der Waals surface area (Å²) in [6.07, 6.45) is 2.41. The Morgan fingerprint density at radius 2 is 2.00 bits per heavy atom. The average molecular weight is 416 g/mol. The van der Waals surface area contributed by atoms with Crippen LogP contribution < -0.4 is 10.6 Å². The molecule has 2 heterocycles. The summed E-state index contributed by atoms with van der Waals surface area (Å²) >= 11 is 0. The molecule has 0 bridgehead atoms. The Labute approximate surface area is 168 Å². The van der Waals surface area contributed by atoms with Crippen molar-refractivity contribution in [3.8, 4) is 0 Å². The van der Waals surface area contributed by atoms with E-state index in [0.717, 1.165) is 37.9 Å². The average Bonchev–Trinajstić information content (AvgIpc) is 2.64. The number of carbonyl (C=O) groups excluding carboxylic acids is 1. The van der Waals surface area contributed by atoms with Crippen LogP contribution in [-0.2, 0) is 20.6 Å². The van der Waals surface area contributed by atoms with E-state index in [4.69, 9.17) is 0 Å². The lowest BCUT2D eigenvalue weighted by Gasteiger charge is -2.34. The van der Waals surface area contributed by atoms with E-state index in [1.165, 1.54) is 4.31 Å². The molecule has 2 aliphatic heterocycles. The number of nitrogens with zero attached hydrogens (tertiary/aromatic N) is 1. The predicted molar refractivity (Wildman–Crippen MR) is 109 cm³/mol. The van der Waals surface area contributed by atoms with E-state index in [-0.39, 0.29) is 36.0 Å².